The van der Waals surface area contributed by atoms with E-state index in [9.17, 15) is 0 Å². The zero-order valence-electron chi connectivity index (χ0n) is 7.49. The molecule has 14 heavy (non-hydrogen) atoms. The molecular formula is C7H11N7. The molecule has 2 aromatic heterocycles. The molecule has 7 heteroatoms. The van der Waals surface area contributed by atoms with Gasteiger partial charge in [-0.05, 0) is 0 Å². The number of aromatic amines is 1. The fourth-order valence-corrected chi connectivity index (χ4v) is 1.17. The maximum absolute atomic E-state index is 5.51. The second-order valence-electron chi connectivity index (χ2n) is 2.75. The normalized spacial score (nSPS) is 10.6. The minimum absolute atomic E-state index is 0.198. The Balaban J connectivity index is 2.44. The Morgan fingerprint density at radius 2 is 2.29 bits per heavy atom. The fourth-order valence-electron chi connectivity index (χ4n) is 1.17. The van der Waals surface area contributed by atoms with Crippen LogP contribution in [0.5, 0.6) is 0 Å². The average Bonchev–Trinajstić information content (AvgIpc) is 2.61. The molecule has 0 saturated heterocycles. The van der Waals surface area contributed by atoms with Crippen molar-refractivity contribution in [3.05, 3.63) is 6.33 Å². The van der Waals surface area contributed by atoms with E-state index in [1.165, 1.54) is 0 Å². The van der Waals surface area contributed by atoms with Gasteiger partial charge < -0.3 is 21.8 Å². The van der Waals surface area contributed by atoms with Crippen LogP contribution in [0.2, 0.25) is 0 Å². The van der Waals surface area contributed by atoms with E-state index >= 15 is 0 Å². The first-order chi connectivity index (χ1) is 6.81. The molecule has 0 radical (unpaired) electrons. The molecule has 2 rings (SSSR count). The second kappa shape index (κ2) is 3.46. The van der Waals surface area contributed by atoms with Crippen LogP contribution >= 0.6 is 0 Å². The van der Waals surface area contributed by atoms with Crippen LogP contribution in [0.1, 0.15) is 0 Å². The van der Waals surface area contributed by atoms with Crippen LogP contribution < -0.4 is 16.8 Å². The lowest BCUT2D eigenvalue weighted by atomic mass is 10.4. The van der Waals surface area contributed by atoms with Gasteiger partial charge in [-0.3, -0.25) is 0 Å². The number of hydrogen-bond donors (Lipinski definition) is 4. The molecule has 0 aliphatic carbocycles. The van der Waals surface area contributed by atoms with Crippen LogP contribution in [0.4, 0.5) is 11.8 Å². The monoisotopic (exact) mass is 193 g/mol. The third-order valence-electron chi connectivity index (χ3n) is 1.74. The van der Waals surface area contributed by atoms with Crippen LogP contribution in [0, 0.1) is 0 Å². The lowest BCUT2D eigenvalue weighted by molar-refractivity contribution is 1.01. The maximum atomic E-state index is 5.51. The minimum Gasteiger partial charge on any atom is -0.368 e. The van der Waals surface area contributed by atoms with Crippen LogP contribution in [0.3, 0.4) is 0 Å². The number of nitrogens with two attached hydrogens (primary N) is 2. The molecule has 0 aliphatic heterocycles. The van der Waals surface area contributed by atoms with Gasteiger partial charge in [0.2, 0.25) is 5.95 Å². The summed E-state index contributed by atoms with van der Waals surface area (Å²) in [5.74, 6) is 0.833. The molecular weight excluding hydrogens is 182 g/mol. The number of anilines is 2. The van der Waals surface area contributed by atoms with Crippen molar-refractivity contribution in [2.24, 2.45) is 5.73 Å². The first-order valence-electron chi connectivity index (χ1n) is 4.22. The van der Waals surface area contributed by atoms with Gasteiger partial charge in [0.1, 0.15) is 5.52 Å². The number of fused-ring (bicyclic) bond motifs is 1. The lowest BCUT2D eigenvalue weighted by Gasteiger charge is -2.04. The summed E-state index contributed by atoms with van der Waals surface area (Å²) in [6.45, 7) is 1.16. The molecule has 6 N–H and O–H groups in total. The van der Waals surface area contributed by atoms with Gasteiger partial charge >= 0.3 is 0 Å². The summed E-state index contributed by atoms with van der Waals surface area (Å²) >= 11 is 0. The molecule has 0 bridgehead atoms. The second-order valence-corrected chi connectivity index (χ2v) is 2.75. The molecule has 0 aromatic carbocycles. The Bertz CT molecular complexity index is 435. The first-order valence-corrected chi connectivity index (χ1v) is 4.22. The molecule has 0 amide bonds. The average molecular weight is 193 g/mol. The summed E-state index contributed by atoms with van der Waals surface area (Å²) in [6.07, 6.45) is 1.55. The molecule has 2 aromatic rings. The molecule has 74 valence electrons. The number of aromatic nitrogens is 4. The van der Waals surface area contributed by atoms with E-state index in [1.807, 2.05) is 0 Å². The number of rotatable bonds is 3. The minimum atomic E-state index is 0.198. The highest BCUT2D eigenvalue weighted by Crippen LogP contribution is 2.16. The largest absolute Gasteiger partial charge is 0.368 e. The molecule has 0 fully saturated rings. The number of nitrogen functional groups attached to an aromatic ring is 1. The van der Waals surface area contributed by atoms with E-state index in [1.54, 1.807) is 6.33 Å². The van der Waals surface area contributed by atoms with Crippen LogP contribution in [-0.2, 0) is 0 Å². The van der Waals surface area contributed by atoms with Crippen LogP contribution in [0.25, 0.3) is 11.2 Å². The van der Waals surface area contributed by atoms with Crippen molar-refractivity contribution in [1.82, 2.24) is 19.9 Å². The fraction of sp³-hybridized carbons (Fsp3) is 0.286. The molecule has 0 saturated carbocycles. The molecule has 0 aliphatic rings. The summed E-state index contributed by atoms with van der Waals surface area (Å²) in [7, 11) is 0. The van der Waals surface area contributed by atoms with Crippen molar-refractivity contribution in [3.8, 4) is 0 Å². The van der Waals surface area contributed by atoms with Crippen molar-refractivity contribution >= 4 is 22.9 Å². The van der Waals surface area contributed by atoms with E-state index in [-0.39, 0.29) is 5.95 Å². The number of hydrogen-bond acceptors (Lipinski definition) is 6. The third-order valence-corrected chi connectivity index (χ3v) is 1.74. The van der Waals surface area contributed by atoms with Gasteiger partial charge in [-0.1, -0.05) is 0 Å². The van der Waals surface area contributed by atoms with Crippen molar-refractivity contribution in [1.29, 1.82) is 0 Å². The molecule has 0 unspecified atom stereocenters. The quantitative estimate of drug-likeness (QED) is 0.512. The van der Waals surface area contributed by atoms with Crippen LogP contribution in [0.15, 0.2) is 6.33 Å². The van der Waals surface area contributed by atoms with E-state index in [2.05, 4.69) is 25.3 Å². The van der Waals surface area contributed by atoms with Crippen molar-refractivity contribution < 1.29 is 0 Å². The van der Waals surface area contributed by atoms with E-state index in [4.69, 9.17) is 11.5 Å². The van der Waals surface area contributed by atoms with Crippen molar-refractivity contribution in [2.75, 3.05) is 24.1 Å². The van der Waals surface area contributed by atoms with E-state index in [0.29, 0.717) is 24.6 Å². The Morgan fingerprint density at radius 3 is 3.07 bits per heavy atom. The zero-order valence-corrected chi connectivity index (χ0v) is 7.49. The molecule has 0 spiro atoms. The van der Waals surface area contributed by atoms with Gasteiger partial charge in [0.15, 0.2) is 11.5 Å². The van der Waals surface area contributed by atoms with Crippen LogP contribution in [-0.4, -0.2) is 33.0 Å². The summed E-state index contributed by atoms with van der Waals surface area (Å²) in [6, 6.07) is 0. The van der Waals surface area contributed by atoms with E-state index < -0.39 is 0 Å². The third kappa shape index (κ3) is 1.44. The smallest absolute Gasteiger partial charge is 0.224 e. The first kappa shape index (κ1) is 8.70. The Kier molecular flexibility index (Phi) is 2.15. The zero-order chi connectivity index (χ0) is 9.97. The Labute approximate surface area is 79.9 Å². The van der Waals surface area contributed by atoms with Gasteiger partial charge in [0.25, 0.3) is 0 Å². The molecule has 7 nitrogen and oxygen atoms in total. The van der Waals surface area contributed by atoms with Gasteiger partial charge in [-0.25, -0.2) is 4.98 Å². The highest BCUT2D eigenvalue weighted by atomic mass is 15.1. The lowest BCUT2D eigenvalue weighted by Crippen LogP contribution is -2.14. The number of imidazole rings is 1. The van der Waals surface area contributed by atoms with Gasteiger partial charge in [-0.2, -0.15) is 9.97 Å². The van der Waals surface area contributed by atoms with Gasteiger partial charge in [-0.15, -0.1) is 0 Å². The number of H-pyrrole nitrogens is 1. The van der Waals surface area contributed by atoms with Crippen molar-refractivity contribution in [2.45, 2.75) is 0 Å². The molecule has 0 atom stereocenters. The number of nitrogens with zero attached hydrogens (tertiary/aromatic N) is 3. The highest BCUT2D eigenvalue weighted by molar-refractivity contribution is 5.83. The van der Waals surface area contributed by atoms with Gasteiger partial charge in [0, 0.05) is 13.1 Å². The predicted octanol–water partition coefficient (Wildman–Crippen LogP) is -0.694. The summed E-state index contributed by atoms with van der Waals surface area (Å²) < 4.78 is 0. The maximum Gasteiger partial charge on any atom is 0.224 e. The highest BCUT2D eigenvalue weighted by Gasteiger charge is 2.06. The number of nitrogens with one attached hydrogen (secondary N) is 2. The van der Waals surface area contributed by atoms with Crippen molar-refractivity contribution in [3.63, 3.8) is 0 Å². The Morgan fingerprint density at radius 1 is 1.43 bits per heavy atom. The standard InChI is InChI=1S/C7H11N7/c8-1-2-10-5-4-6(12-3-11-4)14-7(9)13-5/h3H,1-2,8H2,(H4,9,10,11,12,13,14). The summed E-state index contributed by atoms with van der Waals surface area (Å²) in [5, 5.41) is 3.04. The summed E-state index contributed by atoms with van der Waals surface area (Å²) in [5.41, 5.74) is 12.2. The summed E-state index contributed by atoms with van der Waals surface area (Å²) in [4.78, 5) is 14.9. The SMILES string of the molecule is NCCNc1nc(N)nc2nc[nH]c12. The topological polar surface area (TPSA) is 119 Å². The Hall–Kier alpha value is -1.89. The van der Waals surface area contributed by atoms with Gasteiger partial charge in [0.05, 0.1) is 6.33 Å². The predicted molar refractivity (Wildman–Crippen MR) is 53.6 cm³/mol. The molecule has 2 heterocycles. The van der Waals surface area contributed by atoms with E-state index in [0.717, 1.165) is 5.52 Å².